The average Bonchev–Trinajstić information content (AvgIpc) is 2.74. The molecule has 0 aliphatic carbocycles. The lowest BCUT2D eigenvalue weighted by molar-refractivity contribution is -0.138. The second-order valence-corrected chi connectivity index (χ2v) is 8.84. The van der Waals surface area contributed by atoms with Gasteiger partial charge in [0.25, 0.3) is 0 Å². The van der Waals surface area contributed by atoms with Crippen LogP contribution in [0, 0.1) is 0 Å². The Labute approximate surface area is 132 Å². The van der Waals surface area contributed by atoms with Gasteiger partial charge in [0.15, 0.2) is 0 Å². The van der Waals surface area contributed by atoms with Crippen molar-refractivity contribution >= 4 is 35.2 Å². The molecular weight excluding hydrogens is 310 g/mol. The first-order chi connectivity index (χ1) is 9.69. The lowest BCUT2D eigenvalue weighted by Crippen LogP contribution is -2.62. The highest BCUT2D eigenvalue weighted by atomic mass is 32.2. The summed E-state index contributed by atoms with van der Waals surface area (Å²) in [4.78, 5) is 24.6. The molecule has 1 fully saturated rings. The van der Waals surface area contributed by atoms with Crippen molar-refractivity contribution in [1.82, 2.24) is 4.90 Å². The van der Waals surface area contributed by atoms with E-state index in [9.17, 15) is 9.59 Å². The first-order valence-corrected chi connectivity index (χ1v) is 8.31. The van der Waals surface area contributed by atoms with E-state index >= 15 is 0 Å². The lowest BCUT2D eigenvalue weighted by Gasteiger charge is -2.48. The predicted octanol–water partition coefficient (Wildman–Crippen LogP) is 3.30. The summed E-state index contributed by atoms with van der Waals surface area (Å²) < 4.78 is 5.93. The van der Waals surface area contributed by atoms with E-state index in [4.69, 9.17) is 9.84 Å². The van der Waals surface area contributed by atoms with Gasteiger partial charge in [-0.1, -0.05) is 6.07 Å². The highest BCUT2D eigenvalue weighted by Gasteiger charge is 2.49. The van der Waals surface area contributed by atoms with Crippen molar-refractivity contribution in [3.63, 3.8) is 0 Å². The van der Waals surface area contributed by atoms with E-state index in [0.29, 0.717) is 13.1 Å². The minimum Gasteiger partial charge on any atom is -0.481 e. The molecule has 1 aromatic heterocycles. The molecule has 116 valence electrons. The number of likely N-dealkylation sites (tertiary alicyclic amines) is 1. The number of carbonyl (C=O) groups is 2. The molecule has 0 spiro atoms. The van der Waals surface area contributed by atoms with E-state index in [0.717, 1.165) is 4.21 Å². The molecule has 0 radical (unpaired) electrons. The van der Waals surface area contributed by atoms with Gasteiger partial charge in [-0.15, -0.1) is 23.1 Å². The maximum absolute atomic E-state index is 12.0. The van der Waals surface area contributed by atoms with Crippen LogP contribution in [0.15, 0.2) is 21.7 Å². The molecule has 1 N–H and O–H groups in total. The number of aliphatic carboxylic acids is 1. The van der Waals surface area contributed by atoms with Gasteiger partial charge in [0.2, 0.25) is 0 Å². The standard InChI is InChI=1S/C14H19NO4S2/c1-13(2,3)19-12(18)15-8-14(9-15,7-10(16)17)21-11-5-4-6-20-11/h4-6H,7-9H2,1-3H3,(H,16,17). The first-order valence-electron chi connectivity index (χ1n) is 6.61. The van der Waals surface area contributed by atoms with E-state index in [-0.39, 0.29) is 12.5 Å². The summed E-state index contributed by atoms with van der Waals surface area (Å²) in [6.45, 7) is 6.24. The van der Waals surface area contributed by atoms with Crippen LogP contribution in [0.25, 0.3) is 0 Å². The molecule has 0 bridgehead atoms. The minimum absolute atomic E-state index is 0.0366. The highest BCUT2D eigenvalue weighted by Crippen LogP contribution is 2.44. The number of amides is 1. The number of rotatable bonds is 4. The second-order valence-electron chi connectivity index (χ2n) is 6.12. The van der Waals surface area contributed by atoms with Gasteiger partial charge in [-0.05, 0) is 32.2 Å². The zero-order chi connectivity index (χ0) is 15.7. The number of carbonyl (C=O) groups excluding carboxylic acids is 1. The monoisotopic (exact) mass is 329 g/mol. The Morgan fingerprint density at radius 1 is 1.48 bits per heavy atom. The molecule has 2 rings (SSSR count). The van der Waals surface area contributed by atoms with E-state index < -0.39 is 16.3 Å². The average molecular weight is 329 g/mol. The van der Waals surface area contributed by atoms with Gasteiger partial charge in [-0.25, -0.2) is 4.79 Å². The van der Waals surface area contributed by atoms with Gasteiger partial charge in [0.05, 0.1) is 15.4 Å². The molecule has 0 aromatic carbocycles. The smallest absolute Gasteiger partial charge is 0.410 e. The third-order valence-corrected chi connectivity index (χ3v) is 5.27. The Bertz CT molecular complexity index is 516. The molecule has 0 atom stereocenters. The Morgan fingerprint density at radius 2 is 2.14 bits per heavy atom. The van der Waals surface area contributed by atoms with Crippen LogP contribution in [-0.4, -0.2) is 45.5 Å². The van der Waals surface area contributed by atoms with Crippen LogP contribution in [0.4, 0.5) is 4.79 Å². The molecule has 1 aliphatic rings. The lowest BCUT2D eigenvalue weighted by atomic mass is 9.95. The van der Waals surface area contributed by atoms with Gasteiger partial charge >= 0.3 is 12.1 Å². The number of carboxylic acids is 1. The van der Waals surface area contributed by atoms with Crippen LogP contribution in [0.2, 0.25) is 0 Å². The summed E-state index contributed by atoms with van der Waals surface area (Å²) in [7, 11) is 0. The molecule has 5 nitrogen and oxygen atoms in total. The molecule has 0 saturated carbocycles. The van der Waals surface area contributed by atoms with Crippen molar-refractivity contribution in [1.29, 1.82) is 0 Å². The number of thioether (sulfide) groups is 1. The van der Waals surface area contributed by atoms with Crippen molar-refractivity contribution in [2.45, 2.75) is 41.7 Å². The number of thiophene rings is 1. The summed E-state index contributed by atoms with van der Waals surface area (Å²) in [6, 6.07) is 3.90. The normalized spacial score (nSPS) is 17.2. The van der Waals surface area contributed by atoms with E-state index in [1.54, 1.807) is 28.0 Å². The van der Waals surface area contributed by atoms with Crippen molar-refractivity contribution < 1.29 is 19.4 Å². The molecule has 2 heterocycles. The predicted molar refractivity (Wildman–Crippen MR) is 83.0 cm³/mol. The third kappa shape index (κ3) is 4.38. The Morgan fingerprint density at radius 3 is 2.62 bits per heavy atom. The maximum atomic E-state index is 12.0. The van der Waals surface area contributed by atoms with E-state index in [1.165, 1.54) is 0 Å². The Balaban J connectivity index is 1.99. The van der Waals surface area contributed by atoms with Gasteiger partial charge in [0, 0.05) is 13.1 Å². The van der Waals surface area contributed by atoms with Crippen molar-refractivity contribution in [2.24, 2.45) is 0 Å². The van der Waals surface area contributed by atoms with Crippen LogP contribution in [0.5, 0.6) is 0 Å². The number of carboxylic acid groups (broad SMARTS) is 1. The van der Waals surface area contributed by atoms with E-state index in [2.05, 4.69) is 0 Å². The van der Waals surface area contributed by atoms with Crippen molar-refractivity contribution in [2.75, 3.05) is 13.1 Å². The summed E-state index contributed by atoms with van der Waals surface area (Å²) in [6.07, 6.45) is -0.343. The van der Waals surface area contributed by atoms with Gasteiger partial charge in [-0.3, -0.25) is 4.79 Å². The first kappa shape index (κ1) is 16.2. The van der Waals surface area contributed by atoms with Crippen molar-refractivity contribution in [3.05, 3.63) is 17.5 Å². The molecule has 1 amide bonds. The molecule has 0 unspecified atom stereocenters. The molecule has 21 heavy (non-hydrogen) atoms. The van der Waals surface area contributed by atoms with Crippen molar-refractivity contribution in [3.8, 4) is 0 Å². The molecule has 1 aliphatic heterocycles. The van der Waals surface area contributed by atoms with Gasteiger partial charge in [0.1, 0.15) is 5.60 Å². The topological polar surface area (TPSA) is 66.8 Å². The van der Waals surface area contributed by atoms with Crippen LogP contribution in [-0.2, 0) is 9.53 Å². The van der Waals surface area contributed by atoms with Crippen LogP contribution in [0.3, 0.4) is 0 Å². The number of ether oxygens (including phenoxy) is 1. The zero-order valence-corrected chi connectivity index (χ0v) is 13.9. The molecular formula is C14H19NO4S2. The summed E-state index contributed by atoms with van der Waals surface area (Å²) in [5, 5.41) is 11.1. The quantitative estimate of drug-likeness (QED) is 0.918. The number of nitrogens with zero attached hydrogens (tertiary/aromatic N) is 1. The third-order valence-electron chi connectivity index (χ3n) is 2.90. The van der Waals surface area contributed by atoms with Crippen LogP contribution >= 0.6 is 23.1 Å². The summed E-state index contributed by atoms with van der Waals surface area (Å²) in [5.41, 5.74) is -0.539. The number of hydrogen-bond acceptors (Lipinski definition) is 5. The highest BCUT2D eigenvalue weighted by molar-refractivity contribution is 8.02. The SMILES string of the molecule is CC(C)(C)OC(=O)N1CC(CC(=O)O)(Sc2cccs2)C1. The summed E-state index contributed by atoms with van der Waals surface area (Å²) >= 11 is 3.12. The van der Waals surface area contributed by atoms with Crippen LogP contribution in [0.1, 0.15) is 27.2 Å². The molecule has 1 saturated heterocycles. The van der Waals surface area contributed by atoms with Gasteiger partial charge < -0.3 is 14.7 Å². The van der Waals surface area contributed by atoms with Gasteiger partial charge in [-0.2, -0.15) is 0 Å². The fourth-order valence-corrected chi connectivity index (χ4v) is 4.68. The molecule has 7 heteroatoms. The molecule has 1 aromatic rings. The minimum atomic E-state index is -0.845. The second kappa shape index (κ2) is 5.88. The Kier molecular flexibility index (Phi) is 4.53. The zero-order valence-electron chi connectivity index (χ0n) is 12.3. The van der Waals surface area contributed by atoms with Crippen LogP contribution < -0.4 is 0 Å². The fraction of sp³-hybridized carbons (Fsp3) is 0.571. The number of hydrogen-bond donors (Lipinski definition) is 1. The maximum Gasteiger partial charge on any atom is 0.410 e. The fourth-order valence-electron chi connectivity index (χ4n) is 2.13. The summed E-state index contributed by atoms with van der Waals surface area (Å²) in [5.74, 6) is -0.845. The Hall–Kier alpha value is -1.21. The van der Waals surface area contributed by atoms with E-state index in [1.807, 2.05) is 38.3 Å². The largest absolute Gasteiger partial charge is 0.481 e.